The summed E-state index contributed by atoms with van der Waals surface area (Å²) >= 11 is 0. The smallest absolute Gasteiger partial charge is 0.253 e. The van der Waals surface area contributed by atoms with Crippen LogP contribution in [0.15, 0.2) is 29.2 Å². The zero-order valence-electron chi connectivity index (χ0n) is 18.0. The maximum Gasteiger partial charge on any atom is 0.253 e. The summed E-state index contributed by atoms with van der Waals surface area (Å²) in [7, 11) is -3.69. The first-order valence-electron chi connectivity index (χ1n) is 10.7. The van der Waals surface area contributed by atoms with Crippen LogP contribution in [0.5, 0.6) is 0 Å². The summed E-state index contributed by atoms with van der Waals surface area (Å²) in [4.78, 5) is 39.9. The molecule has 1 unspecified atom stereocenters. The van der Waals surface area contributed by atoms with E-state index in [1.54, 1.807) is 9.80 Å². The number of piperidine rings is 1. The molecule has 170 valence electrons. The number of hydrogen-bond acceptors (Lipinski definition) is 5. The molecule has 0 aromatic heterocycles. The largest absolute Gasteiger partial charge is 0.356 e. The summed E-state index contributed by atoms with van der Waals surface area (Å²) in [6.07, 6.45) is 1.51. The van der Waals surface area contributed by atoms with Crippen molar-refractivity contribution in [2.45, 2.75) is 31.6 Å². The summed E-state index contributed by atoms with van der Waals surface area (Å²) in [6, 6.07) is 5.95. The van der Waals surface area contributed by atoms with Crippen LogP contribution in [0, 0.1) is 5.92 Å². The Bertz CT molecular complexity index is 924. The van der Waals surface area contributed by atoms with Gasteiger partial charge in [0.2, 0.25) is 21.8 Å². The van der Waals surface area contributed by atoms with Crippen molar-refractivity contribution in [1.82, 2.24) is 19.4 Å². The lowest BCUT2D eigenvalue weighted by Crippen LogP contribution is -2.49. The number of carbonyl (C=O) groups is 3. The van der Waals surface area contributed by atoms with Gasteiger partial charge in [-0.25, -0.2) is 8.42 Å². The normalized spacial score (nSPS) is 20.4. The lowest BCUT2D eigenvalue weighted by atomic mass is 9.96. The van der Waals surface area contributed by atoms with Gasteiger partial charge in [-0.05, 0) is 44.0 Å². The quantitative estimate of drug-likeness (QED) is 0.704. The van der Waals surface area contributed by atoms with E-state index in [1.165, 1.54) is 35.5 Å². The Hall–Kier alpha value is -2.46. The van der Waals surface area contributed by atoms with Crippen LogP contribution < -0.4 is 5.32 Å². The topological polar surface area (TPSA) is 107 Å². The van der Waals surface area contributed by atoms with Crippen molar-refractivity contribution in [3.8, 4) is 0 Å². The monoisotopic (exact) mass is 450 g/mol. The maximum absolute atomic E-state index is 12.9. The summed E-state index contributed by atoms with van der Waals surface area (Å²) in [5.74, 6) is -0.516. The number of amides is 3. The Morgan fingerprint density at radius 3 is 2.23 bits per heavy atom. The molecular weight excluding hydrogens is 420 g/mol. The number of carbonyl (C=O) groups excluding carboxylic acids is 3. The molecule has 1 N–H and O–H groups in total. The third kappa shape index (κ3) is 5.24. The molecule has 2 fully saturated rings. The van der Waals surface area contributed by atoms with E-state index in [4.69, 9.17) is 0 Å². The van der Waals surface area contributed by atoms with Gasteiger partial charge in [0.05, 0.1) is 10.8 Å². The second kappa shape index (κ2) is 9.78. The van der Waals surface area contributed by atoms with E-state index in [1.807, 2.05) is 6.92 Å². The van der Waals surface area contributed by atoms with Gasteiger partial charge in [-0.2, -0.15) is 4.31 Å². The number of likely N-dealkylation sites (tertiary alicyclic amines) is 1. The van der Waals surface area contributed by atoms with Gasteiger partial charge in [0.1, 0.15) is 0 Å². The lowest BCUT2D eigenvalue weighted by molar-refractivity contribution is -0.130. The first-order valence-corrected chi connectivity index (χ1v) is 12.1. The van der Waals surface area contributed by atoms with Crippen LogP contribution in [0.4, 0.5) is 0 Å². The van der Waals surface area contributed by atoms with Crippen molar-refractivity contribution in [1.29, 1.82) is 0 Å². The molecule has 31 heavy (non-hydrogen) atoms. The van der Waals surface area contributed by atoms with Crippen LogP contribution in [-0.2, 0) is 19.6 Å². The average Bonchev–Trinajstić information content (AvgIpc) is 2.79. The van der Waals surface area contributed by atoms with E-state index in [2.05, 4.69) is 5.32 Å². The second-order valence-corrected chi connectivity index (χ2v) is 9.86. The Morgan fingerprint density at radius 2 is 1.65 bits per heavy atom. The number of rotatable bonds is 5. The first kappa shape index (κ1) is 23.2. The van der Waals surface area contributed by atoms with E-state index >= 15 is 0 Å². The van der Waals surface area contributed by atoms with Gasteiger partial charge in [-0.15, -0.1) is 0 Å². The van der Waals surface area contributed by atoms with Crippen molar-refractivity contribution >= 4 is 27.7 Å². The third-order valence-electron chi connectivity index (χ3n) is 5.85. The molecule has 0 radical (unpaired) electrons. The van der Waals surface area contributed by atoms with Crippen molar-refractivity contribution in [2.24, 2.45) is 5.92 Å². The molecule has 0 aliphatic carbocycles. The fourth-order valence-electron chi connectivity index (χ4n) is 4.04. The van der Waals surface area contributed by atoms with E-state index in [-0.39, 0.29) is 41.6 Å². The third-order valence-corrected chi connectivity index (χ3v) is 7.77. The molecule has 3 amide bonds. The number of piperazine rings is 1. The van der Waals surface area contributed by atoms with E-state index in [0.29, 0.717) is 38.3 Å². The van der Waals surface area contributed by atoms with Crippen molar-refractivity contribution in [2.75, 3.05) is 45.8 Å². The number of sulfonamides is 1. The van der Waals surface area contributed by atoms with E-state index < -0.39 is 10.0 Å². The van der Waals surface area contributed by atoms with Crippen LogP contribution >= 0.6 is 0 Å². The van der Waals surface area contributed by atoms with Gasteiger partial charge in [0.25, 0.3) is 5.91 Å². The number of nitrogens with one attached hydrogen (secondary N) is 1. The van der Waals surface area contributed by atoms with Gasteiger partial charge >= 0.3 is 0 Å². The zero-order chi connectivity index (χ0) is 22.6. The van der Waals surface area contributed by atoms with Crippen molar-refractivity contribution in [3.05, 3.63) is 29.8 Å². The number of benzene rings is 1. The summed E-state index contributed by atoms with van der Waals surface area (Å²) in [5, 5.41) is 2.81. The molecule has 9 nitrogen and oxygen atoms in total. The lowest BCUT2D eigenvalue weighted by Gasteiger charge is -2.33. The highest BCUT2D eigenvalue weighted by atomic mass is 32.2. The van der Waals surface area contributed by atoms with Crippen LogP contribution in [0.25, 0.3) is 0 Å². The zero-order valence-corrected chi connectivity index (χ0v) is 18.9. The van der Waals surface area contributed by atoms with Gasteiger partial charge in [0.15, 0.2) is 0 Å². The van der Waals surface area contributed by atoms with Crippen molar-refractivity contribution in [3.63, 3.8) is 0 Å². The average molecular weight is 451 g/mol. The predicted molar refractivity (Wildman–Crippen MR) is 115 cm³/mol. The molecule has 2 aliphatic heterocycles. The van der Waals surface area contributed by atoms with Gasteiger partial charge < -0.3 is 15.1 Å². The highest BCUT2D eigenvalue weighted by Crippen LogP contribution is 2.22. The second-order valence-electron chi connectivity index (χ2n) is 7.92. The minimum atomic E-state index is -3.69. The Kier molecular flexibility index (Phi) is 7.32. The Balaban J connectivity index is 1.66. The van der Waals surface area contributed by atoms with Crippen LogP contribution in [0.3, 0.4) is 0 Å². The molecular formula is C21H30N4O5S. The van der Waals surface area contributed by atoms with Gasteiger partial charge in [-0.3, -0.25) is 14.4 Å². The molecule has 0 saturated carbocycles. The van der Waals surface area contributed by atoms with Crippen LogP contribution in [0.2, 0.25) is 0 Å². The Labute approximate surface area is 183 Å². The molecule has 0 spiro atoms. The summed E-state index contributed by atoms with van der Waals surface area (Å²) < 4.78 is 27.2. The molecule has 1 atom stereocenters. The van der Waals surface area contributed by atoms with E-state index in [0.717, 1.165) is 12.8 Å². The minimum Gasteiger partial charge on any atom is -0.356 e. The Morgan fingerprint density at radius 1 is 1.00 bits per heavy atom. The van der Waals surface area contributed by atoms with Crippen LogP contribution in [0.1, 0.15) is 37.0 Å². The van der Waals surface area contributed by atoms with Crippen LogP contribution in [-0.4, -0.2) is 86.1 Å². The molecule has 2 aliphatic rings. The maximum atomic E-state index is 12.9. The van der Waals surface area contributed by atoms with E-state index in [9.17, 15) is 22.8 Å². The number of hydrogen-bond donors (Lipinski definition) is 1. The van der Waals surface area contributed by atoms with Crippen molar-refractivity contribution < 1.29 is 22.8 Å². The molecule has 3 rings (SSSR count). The molecule has 10 heteroatoms. The standard InChI is InChI=1S/C21H30N4O5S/c1-3-22-20(27)18-5-4-10-24(15-18)21(28)17-6-8-19(9-7-17)31(29,30)25-13-11-23(12-14-25)16(2)26/h6-9,18H,3-5,10-15H2,1-2H3,(H,22,27). The molecule has 1 aromatic rings. The highest BCUT2D eigenvalue weighted by Gasteiger charge is 2.31. The summed E-state index contributed by atoms with van der Waals surface area (Å²) in [6.45, 7) is 6.07. The highest BCUT2D eigenvalue weighted by molar-refractivity contribution is 7.89. The summed E-state index contributed by atoms with van der Waals surface area (Å²) in [5.41, 5.74) is 0.400. The number of nitrogens with zero attached hydrogens (tertiary/aromatic N) is 3. The fraction of sp³-hybridized carbons (Fsp3) is 0.571. The molecule has 1 aromatic carbocycles. The minimum absolute atomic E-state index is 0.0358. The fourth-order valence-corrected chi connectivity index (χ4v) is 5.46. The first-order chi connectivity index (χ1) is 14.7. The van der Waals surface area contributed by atoms with Gasteiger partial charge in [-0.1, -0.05) is 0 Å². The molecule has 0 bridgehead atoms. The molecule has 2 saturated heterocycles. The van der Waals surface area contributed by atoms with Gasteiger partial charge in [0, 0.05) is 58.3 Å². The predicted octanol–water partition coefficient (Wildman–Crippen LogP) is 0.528. The molecule has 2 heterocycles. The SMILES string of the molecule is CCNC(=O)C1CCCN(C(=O)c2ccc(S(=O)(=O)N3CCN(C(C)=O)CC3)cc2)C1.